The van der Waals surface area contributed by atoms with Crippen molar-refractivity contribution >= 4 is 26.0 Å². The van der Waals surface area contributed by atoms with Gasteiger partial charge in [-0.2, -0.15) is 0 Å². The number of carbonyl (C=O) groups is 2. The van der Waals surface area contributed by atoms with Gasteiger partial charge in [-0.05, 0) is 23.8 Å². The molecule has 6 heteroatoms. The maximum absolute atomic E-state index is 12.2. The first kappa shape index (κ1) is 18.0. The lowest BCUT2D eigenvalue weighted by Crippen LogP contribution is -2.41. The molecule has 1 aromatic carbocycles. The van der Waals surface area contributed by atoms with Gasteiger partial charge in [0.25, 0.3) is 5.91 Å². The minimum absolute atomic E-state index is 0.00841. The van der Waals surface area contributed by atoms with E-state index in [-0.39, 0.29) is 5.57 Å². The summed E-state index contributed by atoms with van der Waals surface area (Å²) >= 11 is 0. The zero-order chi connectivity index (χ0) is 16.8. The van der Waals surface area contributed by atoms with Gasteiger partial charge >= 0.3 is 5.97 Å². The lowest BCUT2D eigenvalue weighted by atomic mass is 10.1. The molecular weight excluding hydrogens is 298 g/mol. The summed E-state index contributed by atoms with van der Waals surface area (Å²) in [5.41, 5.74) is 0.718. The average Bonchev–Trinajstić information content (AvgIpc) is 2.49. The van der Waals surface area contributed by atoms with E-state index in [9.17, 15) is 9.59 Å². The van der Waals surface area contributed by atoms with Crippen LogP contribution in [-0.2, 0) is 14.3 Å². The zero-order valence-electron chi connectivity index (χ0n) is 13.7. The van der Waals surface area contributed by atoms with Crippen molar-refractivity contribution in [3.63, 3.8) is 0 Å². The molecule has 0 aromatic heterocycles. The molecular formula is C16H23NO4Si. The molecule has 0 saturated carbocycles. The number of methoxy groups -OCH3 is 2. The summed E-state index contributed by atoms with van der Waals surface area (Å²) in [6.07, 6.45) is 2.12. The highest BCUT2D eigenvalue weighted by Crippen LogP contribution is 2.15. The van der Waals surface area contributed by atoms with Crippen LogP contribution in [-0.4, -0.2) is 40.3 Å². The molecule has 0 atom stereocenters. The van der Waals surface area contributed by atoms with Crippen molar-refractivity contribution in [2.24, 2.45) is 0 Å². The van der Waals surface area contributed by atoms with E-state index in [0.717, 1.165) is 5.56 Å². The molecule has 0 heterocycles. The second-order valence-electron chi connectivity index (χ2n) is 6.07. The quantitative estimate of drug-likeness (QED) is 0.287. The van der Waals surface area contributed by atoms with Gasteiger partial charge in [0.15, 0.2) is 0 Å². The molecule has 0 radical (unpaired) electrons. The minimum atomic E-state index is -1.44. The number of ether oxygens (including phenoxy) is 2. The zero-order valence-corrected chi connectivity index (χ0v) is 14.7. The number of nitrogens with one attached hydrogen (secondary N) is 1. The van der Waals surface area contributed by atoms with Gasteiger partial charge in [-0.1, -0.05) is 31.8 Å². The highest BCUT2D eigenvalue weighted by atomic mass is 28.3. The third-order valence-corrected chi connectivity index (χ3v) is 4.09. The maximum atomic E-state index is 12.2. The Labute approximate surface area is 132 Å². The fraction of sp³-hybridized carbons (Fsp3) is 0.375. The van der Waals surface area contributed by atoms with E-state index >= 15 is 0 Å². The van der Waals surface area contributed by atoms with Crippen molar-refractivity contribution in [2.75, 3.05) is 20.4 Å². The van der Waals surface area contributed by atoms with Crippen molar-refractivity contribution in [1.29, 1.82) is 0 Å². The highest BCUT2D eigenvalue weighted by Gasteiger charge is 2.21. The first-order valence-corrected chi connectivity index (χ1v) is 10.7. The summed E-state index contributed by atoms with van der Waals surface area (Å²) < 4.78 is 9.78. The van der Waals surface area contributed by atoms with Gasteiger partial charge in [-0.3, -0.25) is 4.79 Å². The first-order chi connectivity index (χ1) is 10.3. The monoisotopic (exact) mass is 321 g/mol. The van der Waals surface area contributed by atoms with E-state index in [0.29, 0.717) is 11.9 Å². The van der Waals surface area contributed by atoms with Gasteiger partial charge in [0, 0.05) is 6.17 Å². The smallest absolute Gasteiger partial charge is 0.343 e. The van der Waals surface area contributed by atoms with E-state index in [1.807, 2.05) is 0 Å². The molecule has 0 aliphatic carbocycles. The van der Waals surface area contributed by atoms with Crippen LogP contribution in [0.5, 0.6) is 5.75 Å². The Morgan fingerprint density at radius 3 is 2.18 bits per heavy atom. The van der Waals surface area contributed by atoms with Crippen molar-refractivity contribution < 1.29 is 19.1 Å². The molecule has 0 bridgehead atoms. The Morgan fingerprint density at radius 2 is 1.73 bits per heavy atom. The fourth-order valence-corrected chi connectivity index (χ4v) is 2.33. The van der Waals surface area contributed by atoms with E-state index in [1.165, 1.54) is 13.2 Å². The molecule has 0 spiro atoms. The fourth-order valence-electron chi connectivity index (χ4n) is 1.63. The van der Waals surface area contributed by atoms with Crippen LogP contribution in [0.4, 0.5) is 0 Å². The predicted molar refractivity (Wildman–Crippen MR) is 89.3 cm³/mol. The molecule has 1 amide bonds. The van der Waals surface area contributed by atoms with E-state index in [2.05, 4.69) is 25.0 Å². The molecule has 0 unspecified atom stereocenters. The average molecular weight is 321 g/mol. The molecule has 0 saturated heterocycles. The van der Waals surface area contributed by atoms with Crippen molar-refractivity contribution in [1.82, 2.24) is 5.32 Å². The lowest BCUT2D eigenvalue weighted by molar-refractivity contribution is -0.137. The molecule has 0 aliphatic heterocycles. The lowest BCUT2D eigenvalue weighted by Gasteiger charge is -2.17. The van der Waals surface area contributed by atoms with Gasteiger partial charge in [-0.15, -0.1) is 0 Å². The Hall–Kier alpha value is -2.08. The van der Waals surface area contributed by atoms with Crippen LogP contribution in [0.3, 0.4) is 0 Å². The number of carbonyl (C=O) groups excluding carboxylic acids is 2. The molecule has 22 heavy (non-hydrogen) atoms. The maximum Gasteiger partial charge on any atom is 0.343 e. The second kappa shape index (κ2) is 7.79. The Balaban J connectivity index is 2.98. The van der Waals surface area contributed by atoms with Crippen molar-refractivity contribution in [2.45, 2.75) is 19.6 Å². The van der Waals surface area contributed by atoms with Gasteiger partial charge in [0.1, 0.15) is 11.3 Å². The normalized spacial score (nSPS) is 11.8. The summed E-state index contributed by atoms with van der Waals surface area (Å²) in [6.45, 7) is 6.41. The molecule has 5 nitrogen and oxygen atoms in total. The van der Waals surface area contributed by atoms with E-state index in [4.69, 9.17) is 9.47 Å². The predicted octanol–water partition coefficient (Wildman–Crippen LogP) is 2.25. The van der Waals surface area contributed by atoms with Crippen LogP contribution < -0.4 is 10.1 Å². The van der Waals surface area contributed by atoms with Crippen LogP contribution in [0.2, 0.25) is 19.6 Å². The summed E-state index contributed by atoms with van der Waals surface area (Å²) in [5, 5.41) is 2.81. The number of benzene rings is 1. The van der Waals surface area contributed by atoms with Crippen LogP contribution in [0.1, 0.15) is 5.56 Å². The van der Waals surface area contributed by atoms with Crippen LogP contribution >= 0.6 is 0 Å². The number of amides is 1. The Kier molecular flexibility index (Phi) is 6.36. The highest BCUT2D eigenvalue weighted by molar-refractivity contribution is 6.76. The summed E-state index contributed by atoms with van der Waals surface area (Å²) in [6, 6.07) is 7.07. The number of hydrogen-bond acceptors (Lipinski definition) is 4. The van der Waals surface area contributed by atoms with E-state index in [1.54, 1.807) is 31.4 Å². The second-order valence-corrected chi connectivity index (χ2v) is 11.5. The van der Waals surface area contributed by atoms with Crippen LogP contribution in [0, 0.1) is 0 Å². The number of rotatable bonds is 6. The summed E-state index contributed by atoms with van der Waals surface area (Å²) in [7, 11) is 1.39. The van der Waals surface area contributed by atoms with Crippen molar-refractivity contribution in [3.05, 3.63) is 35.4 Å². The van der Waals surface area contributed by atoms with Gasteiger partial charge in [0.05, 0.1) is 22.3 Å². The largest absolute Gasteiger partial charge is 0.497 e. The minimum Gasteiger partial charge on any atom is -0.497 e. The SMILES string of the molecule is COC(=O)/C(=C\c1ccc(OC)cc1)C(=O)NC[Si](C)(C)C. The third kappa shape index (κ3) is 5.73. The van der Waals surface area contributed by atoms with Crippen molar-refractivity contribution in [3.8, 4) is 5.75 Å². The molecule has 0 fully saturated rings. The molecule has 1 N–H and O–H groups in total. The Bertz CT molecular complexity index is 559. The standard InChI is InChI=1S/C16H23NO4Si/c1-20-13-8-6-12(7-9-13)10-14(16(19)21-2)15(18)17-11-22(3,4)5/h6-10H,11H2,1-5H3,(H,17,18)/b14-10-. The van der Waals surface area contributed by atoms with Crippen LogP contribution in [0.15, 0.2) is 29.8 Å². The van der Waals surface area contributed by atoms with Gasteiger partial charge < -0.3 is 14.8 Å². The molecule has 1 rings (SSSR count). The first-order valence-electron chi connectivity index (χ1n) is 6.99. The van der Waals surface area contributed by atoms with E-state index < -0.39 is 20.0 Å². The Morgan fingerprint density at radius 1 is 1.14 bits per heavy atom. The molecule has 1 aromatic rings. The molecule has 120 valence electrons. The summed E-state index contributed by atoms with van der Waals surface area (Å²) in [5.74, 6) is -0.353. The summed E-state index contributed by atoms with van der Waals surface area (Å²) in [4.78, 5) is 24.1. The molecule has 0 aliphatic rings. The number of hydrogen-bond donors (Lipinski definition) is 1. The van der Waals surface area contributed by atoms with Gasteiger partial charge in [0.2, 0.25) is 0 Å². The van der Waals surface area contributed by atoms with Crippen LogP contribution in [0.25, 0.3) is 6.08 Å². The topological polar surface area (TPSA) is 64.6 Å². The van der Waals surface area contributed by atoms with Gasteiger partial charge in [-0.25, -0.2) is 4.79 Å². The third-order valence-electron chi connectivity index (χ3n) is 2.86. The number of esters is 1.